The molecule has 1 fully saturated rings. The first kappa shape index (κ1) is 16.7. The van der Waals surface area contributed by atoms with Crippen LogP contribution in [0.5, 0.6) is 0 Å². The third-order valence-electron chi connectivity index (χ3n) is 4.56. The van der Waals surface area contributed by atoms with Gasteiger partial charge in [0.05, 0.1) is 0 Å². The topological polar surface area (TPSA) is 41.1 Å². The molecular formula is C20H28N4. The minimum Gasteiger partial charge on any atom is -0.356 e. The average Bonchev–Trinajstić information content (AvgIpc) is 2.55. The molecule has 0 bridgehead atoms. The van der Waals surface area contributed by atoms with Crippen molar-refractivity contribution < 1.29 is 0 Å². The van der Waals surface area contributed by atoms with Gasteiger partial charge in [0.1, 0.15) is 5.82 Å². The smallest absolute Gasteiger partial charge is 0.225 e. The summed E-state index contributed by atoms with van der Waals surface area (Å²) in [6.45, 7) is 8.42. The Kier molecular flexibility index (Phi) is 5.34. The Labute approximate surface area is 145 Å². The molecule has 1 N–H and O–H groups in total. The van der Waals surface area contributed by atoms with Gasteiger partial charge in [-0.2, -0.15) is 4.98 Å². The molecule has 0 amide bonds. The summed E-state index contributed by atoms with van der Waals surface area (Å²) >= 11 is 0. The Balaban J connectivity index is 1.61. The Morgan fingerprint density at radius 1 is 1.12 bits per heavy atom. The Morgan fingerprint density at radius 3 is 2.50 bits per heavy atom. The van der Waals surface area contributed by atoms with Crippen molar-refractivity contribution >= 4 is 11.8 Å². The molecule has 1 aliphatic heterocycles. The van der Waals surface area contributed by atoms with E-state index in [0.717, 1.165) is 36.5 Å². The van der Waals surface area contributed by atoms with Crippen LogP contribution in [0, 0.1) is 12.8 Å². The van der Waals surface area contributed by atoms with Gasteiger partial charge >= 0.3 is 0 Å². The summed E-state index contributed by atoms with van der Waals surface area (Å²) in [6.07, 6.45) is 3.65. The second-order valence-electron chi connectivity index (χ2n) is 7.11. The van der Waals surface area contributed by atoms with Crippen LogP contribution in [0.1, 0.15) is 37.9 Å². The van der Waals surface area contributed by atoms with Crippen LogP contribution in [0.4, 0.5) is 11.8 Å². The summed E-state index contributed by atoms with van der Waals surface area (Å²) in [6, 6.07) is 13.3. The minimum absolute atomic E-state index is 0.344. The van der Waals surface area contributed by atoms with Crippen molar-refractivity contribution in [1.29, 1.82) is 0 Å². The van der Waals surface area contributed by atoms with E-state index in [4.69, 9.17) is 4.98 Å². The molecule has 0 radical (unpaired) electrons. The fourth-order valence-corrected chi connectivity index (χ4v) is 3.35. The van der Waals surface area contributed by atoms with Crippen molar-refractivity contribution in [2.24, 2.45) is 5.92 Å². The molecule has 0 unspecified atom stereocenters. The summed E-state index contributed by atoms with van der Waals surface area (Å²) in [4.78, 5) is 11.6. The number of aryl methyl sites for hydroxylation is 1. The third-order valence-corrected chi connectivity index (χ3v) is 4.56. The standard InChI is InChI=1S/C20H28N4/c1-15(2)21-20-22-16(3)13-19(23-20)24-11-9-18(10-12-24)14-17-7-5-4-6-8-17/h4-8,13,15,18H,9-12,14H2,1-3H3,(H,21,22,23). The van der Waals surface area contributed by atoms with Crippen molar-refractivity contribution in [3.8, 4) is 0 Å². The van der Waals surface area contributed by atoms with Gasteiger partial charge in [0.15, 0.2) is 0 Å². The lowest BCUT2D eigenvalue weighted by molar-refractivity contribution is 0.402. The number of hydrogen-bond donors (Lipinski definition) is 1. The molecule has 0 saturated carbocycles. The van der Waals surface area contributed by atoms with E-state index >= 15 is 0 Å². The van der Waals surface area contributed by atoms with Crippen molar-refractivity contribution in [2.45, 2.75) is 46.1 Å². The molecular weight excluding hydrogens is 296 g/mol. The van der Waals surface area contributed by atoms with Crippen LogP contribution in [0.15, 0.2) is 36.4 Å². The van der Waals surface area contributed by atoms with E-state index in [1.54, 1.807) is 0 Å². The van der Waals surface area contributed by atoms with Gasteiger partial charge in [0, 0.05) is 30.9 Å². The van der Waals surface area contributed by atoms with Gasteiger partial charge in [0.25, 0.3) is 0 Å². The molecule has 1 saturated heterocycles. The lowest BCUT2D eigenvalue weighted by atomic mass is 9.90. The SMILES string of the molecule is Cc1cc(N2CCC(Cc3ccccc3)CC2)nc(NC(C)C)n1. The summed E-state index contributed by atoms with van der Waals surface area (Å²) < 4.78 is 0. The van der Waals surface area contributed by atoms with E-state index in [1.807, 2.05) is 6.92 Å². The van der Waals surface area contributed by atoms with Crippen LogP contribution in [-0.4, -0.2) is 29.1 Å². The fraction of sp³-hybridized carbons (Fsp3) is 0.500. The molecule has 1 aliphatic rings. The zero-order chi connectivity index (χ0) is 16.9. The van der Waals surface area contributed by atoms with Crippen LogP contribution >= 0.6 is 0 Å². The van der Waals surface area contributed by atoms with Gasteiger partial charge in [0.2, 0.25) is 5.95 Å². The Morgan fingerprint density at radius 2 is 1.83 bits per heavy atom. The monoisotopic (exact) mass is 324 g/mol. The Bertz CT molecular complexity index is 646. The molecule has 0 atom stereocenters. The van der Waals surface area contributed by atoms with Gasteiger partial charge in [-0.15, -0.1) is 0 Å². The van der Waals surface area contributed by atoms with Crippen LogP contribution < -0.4 is 10.2 Å². The molecule has 4 nitrogen and oxygen atoms in total. The molecule has 1 aromatic heterocycles. The van der Waals surface area contributed by atoms with Crippen molar-refractivity contribution in [3.63, 3.8) is 0 Å². The predicted octanol–water partition coefficient (Wildman–Crippen LogP) is 4.06. The molecule has 24 heavy (non-hydrogen) atoms. The zero-order valence-electron chi connectivity index (χ0n) is 15.0. The first-order chi connectivity index (χ1) is 11.6. The number of nitrogens with one attached hydrogen (secondary N) is 1. The van der Waals surface area contributed by atoms with Crippen LogP contribution in [0.25, 0.3) is 0 Å². The summed E-state index contributed by atoms with van der Waals surface area (Å²) in [5.74, 6) is 2.58. The van der Waals surface area contributed by atoms with Gasteiger partial charge in [-0.05, 0) is 51.5 Å². The van der Waals surface area contributed by atoms with Crippen molar-refractivity contribution in [1.82, 2.24) is 9.97 Å². The van der Waals surface area contributed by atoms with Crippen LogP contribution in [-0.2, 0) is 6.42 Å². The molecule has 2 aromatic rings. The number of hydrogen-bond acceptors (Lipinski definition) is 4. The normalized spacial score (nSPS) is 15.8. The average molecular weight is 324 g/mol. The number of anilines is 2. The maximum atomic E-state index is 4.71. The molecule has 4 heteroatoms. The van der Waals surface area contributed by atoms with Crippen LogP contribution in [0.2, 0.25) is 0 Å². The van der Waals surface area contributed by atoms with Gasteiger partial charge in [-0.1, -0.05) is 30.3 Å². The first-order valence-electron chi connectivity index (χ1n) is 9.01. The van der Waals surface area contributed by atoms with Gasteiger partial charge in [-0.25, -0.2) is 4.98 Å². The second-order valence-corrected chi connectivity index (χ2v) is 7.11. The number of rotatable bonds is 5. The Hall–Kier alpha value is -2.10. The molecule has 3 rings (SSSR count). The highest BCUT2D eigenvalue weighted by Gasteiger charge is 2.21. The van der Waals surface area contributed by atoms with E-state index in [-0.39, 0.29) is 0 Å². The van der Waals surface area contributed by atoms with E-state index in [1.165, 1.54) is 24.8 Å². The number of piperidine rings is 1. The molecule has 0 aliphatic carbocycles. The van der Waals surface area contributed by atoms with E-state index < -0.39 is 0 Å². The second kappa shape index (κ2) is 7.65. The fourth-order valence-electron chi connectivity index (χ4n) is 3.35. The summed E-state index contributed by atoms with van der Waals surface area (Å²) in [5.41, 5.74) is 2.48. The van der Waals surface area contributed by atoms with Gasteiger partial charge in [-0.3, -0.25) is 0 Å². The first-order valence-corrected chi connectivity index (χ1v) is 9.01. The lowest BCUT2D eigenvalue weighted by Crippen LogP contribution is -2.35. The third kappa shape index (κ3) is 4.47. The van der Waals surface area contributed by atoms with Gasteiger partial charge < -0.3 is 10.2 Å². The number of nitrogens with zero attached hydrogens (tertiary/aromatic N) is 3. The summed E-state index contributed by atoms with van der Waals surface area (Å²) in [7, 11) is 0. The lowest BCUT2D eigenvalue weighted by Gasteiger charge is -2.33. The van der Waals surface area contributed by atoms with E-state index in [2.05, 4.69) is 65.4 Å². The highest BCUT2D eigenvalue weighted by molar-refractivity contribution is 5.45. The number of aromatic nitrogens is 2. The maximum absolute atomic E-state index is 4.71. The molecule has 0 spiro atoms. The predicted molar refractivity (Wildman–Crippen MR) is 101 cm³/mol. The van der Waals surface area contributed by atoms with Crippen LogP contribution in [0.3, 0.4) is 0 Å². The van der Waals surface area contributed by atoms with Crippen molar-refractivity contribution in [3.05, 3.63) is 47.7 Å². The summed E-state index contributed by atoms with van der Waals surface area (Å²) in [5, 5.41) is 3.32. The largest absolute Gasteiger partial charge is 0.356 e. The van der Waals surface area contributed by atoms with E-state index in [9.17, 15) is 0 Å². The zero-order valence-corrected chi connectivity index (χ0v) is 15.0. The van der Waals surface area contributed by atoms with Crippen molar-refractivity contribution in [2.75, 3.05) is 23.3 Å². The maximum Gasteiger partial charge on any atom is 0.225 e. The highest BCUT2D eigenvalue weighted by Crippen LogP contribution is 2.25. The molecule has 1 aromatic carbocycles. The molecule has 2 heterocycles. The highest BCUT2D eigenvalue weighted by atomic mass is 15.2. The minimum atomic E-state index is 0.344. The quantitative estimate of drug-likeness (QED) is 0.900. The van der Waals surface area contributed by atoms with E-state index in [0.29, 0.717) is 6.04 Å². The number of benzene rings is 1. The molecule has 128 valence electrons.